The van der Waals surface area contributed by atoms with E-state index in [0.29, 0.717) is 6.54 Å². The van der Waals surface area contributed by atoms with Crippen molar-refractivity contribution in [3.8, 4) is 0 Å². The molecule has 5 heteroatoms. The molecule has 1 aliphatic rings. The van der Waals surface area contributed by atoms with Crippen LogP contribution in [0.5, 0.6) is 0 Å². The van der Waals surface area contributed by atoms with E-state index in [-0.39, 0.29) is 17.8 Å². The van der Waals surface area contributed by atoms with Crippen molar-refractivity contribution in [2.45, 2.75) is 37.9 Å². The summed E-state index contributed by atoms with van der Waals surface area (Å²) in [5.41, 5.74) is 0. The predicted octanol–water partition coefficient (Wildman–Crippen LogP) is 0.477. The number of aliphatic hydroxyl groups excluding tert-OH is 1. The number of sulfonamides is 1. The third kappa shape index (κ3) is 3.94. The maximum Gasteiger partial charge on any atom is 0.214 e. The summed E-state index contributed by atoms with van der Waals surface area (Å²) in [5, 5.41) is 8.63. The van der Waals surface area contributed by atoms with Crippen LogP contribution in [0.15, 0.2) is 0 Å². The van der Waals surface area contributed by atoms with Gasteiger partial charge in [0.15, 0.2) is 0 Å². The number of rotatable bonds is 7. The molecule has 1 atom stereocenters. The van der Waals surface area contributed by atoms with Gasteiger partial charge in [-0.3, -0.25) is 0 Å². The van der Waals surface area contributed by atoms with Crippen LogP contribution in [0.3, 0.4) is 0 Å². The summed E-state index contributed by atoms with van der Waals surface area (Å²) in [6.45, 7) is 2.63. The van der Waals surface area contributed by atoms with Crippen molar-refractivity contribution < 1.29 is 13.5 Å². The zero-order valence-electron chi connectivity index (χ0n) is 8.57. The second-order valence-electron chi connectivity index (χ2n) is 4.07. The molecule has 84 valence electrons. The van der Waals surface area contributed by atoms with Crippen LogP contribution >= 0.6 is 0 Å². The fourth-order valence-corrected chi connectivity index (χ4v) is 2.67. The highest BCUT2D eigenvalue weighted by Gasteiger charge is 2.34. The normalized spacial score (nSPS) is 19.6. The molecule has 4 nitrogen and oxygen atoms in total. The summed E-state index contributed by atoms with van der Waals surface area (Å²) in [4.78, 5) is 0. The van der Waals surface area contributed by atoms with Gasteiger partial charge in [-0.2, -0.15) is 0 Å². The second-order valence-corrected chi connectivity index (χ2v) is 6.11. The second kappa shape index (κ2) is 5.09. The van der Waals surface area contributed by atoms with Gasteiger partial charge in [0, 0.05) is 13.2 Å². The lowest BCUT2D eigenvalue weighted by atomic mass is 10.1. The summed E-state index contributed by atoms with van der Waals surface area (Å²) >= 11 is 0. The van der Waals surface area contributed by atoms with Crippen LogP contribution in [0.25, 0.3) is 0 Å². The van der Waals surface area contributed by atoms with Crippen molar-refractivity contribution in [2.24, 2.45) is 5.92 Å². The minimum Gasteiger partial charge on any atom is -0.396 e. The van der Waals surface area contributed by atoms with Gasteiger partial charge in [0.25, 0.3) is 0 Å². The van der Waals surface area contributed by atoms with Crippen molar-refractivity contribution in [1.29, 1.82) is 0 Å². The molecule has 1 unspecified atom stereocenters. The van der Waals surface area contributed by atoms with Crippen LogP contribution in [0, 0.1) is 5.92 Å². The van der Waals surface area contributed by atoms with Crippen molar-refractivity contribution >= 4 is 10.0 Å². The highest BCUT2D eigenvalue weighted by molar-refractivity contribution is 7.90. The van der Waals surface area contributed by atoms with Gasteiger partial charge in [-0.1, -0.05) is 6.92 Å². The van der Waals surface area contributed by atoms with Gasteiger partial charge in [-0.25, -0.2) is 13.1 Å². The molecule has 0 aromatic heterocycles. The highest BCUT2D eigenvalue weighted by Crippen LogP contribution is 2.27. The third-order valence-corrected chi connectivity index (χ3v) is 4.41. The molecule has 1 aliphatic carbocycles. The van der Waals surface area contributed by atoms with E-state index < -0.39 is 10.0 Å². The standard InChI is InChI=1S/C9H19NO3S/c1-8(7-11)3-2-6-10-14(12,13)9-4-5-9/h8-11H,2-7H2,1H3. The fraction of sp³-hybridized carbons (Fsp3) is 1.00. The van der Waals surface area contributed by atoms with E-state index in [1.165, 1.54) is 0 Å². The monoisotopic (exact) mass is 221 g/mol. The molecule has 0 aliphatic heterocycles. The SMILES string of the molecule is CC(CO)CCCNS(=O)(=O)C1CC1. The predicted molar refractivity (Wildman–Crippen MR) is 55.4 cm³/mol. The lowest BCUT2D eigenvalue weighted by molar-refractivity contribution is 0.228. The lowest BCUT2D eigenvalue weighted by Crippen LogP contribution is -2.28. The first-order chi connectivity index (χ1) is 6.56. The Hall–Kier alpha value is -0.130. The van der Waals surface area contributed by atoms with Crippen molar-refractivity contribution in [3.63, 3.8) is 0 Å². The van der Waals surface area contributed by atoms with Crippen LogP contribution in [-0.4, -0.2) is 31.9 Å². The van der Waals surface area contributed by atoms with E-state index in [1.54, 1.807) is 0 Å². The fourth-order valence-electron chi connectivity index (χ4n) is 1.25. The minimum absolute atomic E-state index is 0.127. The summed E-state index contributed by atoms with van der Waals surface area (Å²) < 4.78 is 25.3. The molecule has 1 rings (SSSR count). The van der Waals surface area contributed by atoms with E-state index >= 15 is 0 Å². The number of hydrogen-bond donors (Lipinski definition) is 2. The molecule has 0 amide bonds. The van der Waals surface area contributed by atoms with Crippen LogP contribution in [0.1, 0.15) is 32.6 Å². The molecule has 0 spiro atoms. The molecule has 1 fully saturated rings. The summed E-state index contributed by atoms with van der Waals surface area (Å²) in [6, 6.07) is 0. The number of nitrogens with one attached hydrogen (secondary N) is 1. The summed E-state index contributed by atoms with van der Waals surface area (Å²) in [6.07, 6.45) is 3.28. The zero-order chi connectivity index (χ0) is 10.6. The van der Waals surface area contributed by atoms with Gasteiger partial charge in [0.05, 0.1) is 5.25 Å². The molecule has 1 saturated carbocycles. The maximum absolute atomic E-state index is 11.3. The van der Waals surface area contributed by atoms with Crippen molar-refractivity contribution in [3.05, 3.63) is 0 Å². The van der Waals surface area contributed by atoms with Gasteiger partial charge in [-0.05, 0) is 31.6 Å². The van der Waals surface area contributed by atoms with Crippen LogP contribution in [0.4, 0.5) is 0 Å². The molecule has 14 heavy (non-hydrogen) atoms. The van der Waals surface area contributed by atoms with Gasteiger partial charge in [0.1, 0.15) is 0 Å². The minimum atomic E-state index is -3.00. The van der Waals surface area contributed by atoms with E-state index in [1.807, 2.05) is 6.92 Å². The van der Waals surface area contributed by atoms with Gasteiger partial charge < -0.3 is 5.11 Å². The van der Waals surface area contributed by atoms with Crippen LogP contribution in [0.2, 0.25) is 0 Å². The molecule has 0 aromatic rings. The van der Waals surface area contributed by atoms with Crippen LogP contribution < -0.4 is 4.72 Å². The van der Waals surface area contributed by atoms with Crippen molar-refractivity contribution in [2.75, 3.05) is 13.2 Å². The molecule has 0 bridgehead atoms. The molecule has 0 saturated heterocycles. The van der Waals surface area contributed by atoms with E-state index in [9.17, 15) is 8.42 Å². The molecule has 0 aromatic carbocycles. The Morgan fingerprint density at radius 2 is 2.14 bits per heavy atom. The van der Waals surface area contributed by atoms with Gasteiger partial charge in [0.2, 0.25) is 10.0 Å². The molecular formula is C9H19NO3S. The Bertz CT molecular complexity index is 259. The molecular weight excluding hydrogens is 202 g/mol. The summed E-state index contributed by atoms with van der Waals surface area (Å²) in [7, 11) is -3.00. The third-order valence-electron chi connectivity index (χ3n) is 2.45. The number of hydrogen-bond acceptors (Lipinski definition) is 3. The Balaban J connectivity index is 2.09. The Labute approximate surface area is 85.8 Å². The van der Waals surface area contributed by atoms with E-state index in [4.69, 9.17) is 5.11 Å². The lowest BCUT2D eigenvalue weighted by Gasteiger charge is -2.08. The van der Waals surface area contributed by atoms with E-state index in [2.05, 4.69) is 4.72 Å². The first kappa shape index (κ1) is 11.9. The first-order valence-electron chi connectivity index (χ1n) is 5.15. The smallest absolute Gasteiger partial charge is 0.214 e. The highest BCUT2D eigenvalue weighted by atomic mass is 32.2. The molecule has 0 radical (unpaired) electrons. The van der Waals surface area contributed by atoms with E-state index in [0.717, 1.165) is 25.7 Å². The molecule has 0 heterocycles. The Morgan fingerprint density at radius 1 is 1.50 bits per heavy atom. The van der Waals surface area contributed by atoms with Crippen molar-refractivity contribution in [1.82, 2.24) is 4.72 Å². The van der Waals surface area contributed by atoms with Crippen LogP contribution in [-0.2, 0) is 10.0 Å². The maximum atomic E-state index is 11.3. The quantitative estimate of drug-likeness (QED) is 0.614. The largest absolute Gasteiger partial charge is 0.396 e. The summed E-state index contributed by atoms with van der Waals surface area (Å²) in [5.74, 6) is 0.264. The Kier molecular flexibility index (Phi) is 4.34. The average molecular weight is 221 g/mol. The average Bonchev–Trinajstić information content (AvgIpc) is 2.95. The Morgan fingerprint density at radius 3 is 2.64 bits per heavy atom. The number of aliphatic hydroxyl groups is 1. The molecule has 2 N–H and O–H groups in total. The van der Waals surface area contributed by atoms with Gasteiger partial charge in [-0.15, -0.1) is 0 Å². The topological polar surface area (TPSA) is 66.4 Å². The first-order valence-corrected chi connectivity index (χ1v) is 6.70. The van der Waals surface area contributed by atoms with Gasteiger partial charge >= 0.3 is 0 Å². The zero-order valence-corrected chi connectivity index (χ0v) is 9.39.